The number of nitrogens with one attached hydrogen (secondary N) is 1. The molecule has 1 rings (SSSR count). The normalized spacial score (nSPS) is 13.9. The maximum absolute atomic E-state index is 13.8. The first-order chi connectivity index (χ1) is 8.38. The Labute approximate surface area is 105 Å². The van der Waals surface area contributed by atoms with Gasteiger partial charge in [0.05, 0.1) is 13.0 Å². The van der Waals surface area contributed by atoms with Crippen LogP contribution in [-0.4, -0.2) is 19.1 Å². The zero-order chi connectivity index (χ0) is 13.9. The van der Waals surface area contributed by atoms with Crippen LogP contribution in [0.4, 0.5) is 14.5 Å². The lowest BCUT2D eigenvalue weighted by Gasteiger charge is -2.21. The van der Waals surface area contributed by atoms with Gasteiger partial charge in [-0.25, -0.2) is 8.78 Å². The largest absolute Gasteiger partial charge is 0.469 e. The van der Waals surface area contributed by atoms with Crippen molar-refractivity contribution in [3.05, 3.63) is 29.3 Å². The standard InChI is InChI=1S/C13H17F2NO2/c1-7-5-6-10(14)12(11(7)15)16-9(3)8(2)13(17)18-4/h5-6,8-9,16H,1-4H3. The molecule has 0 saturated heterocycles. The summed E-state index contributed by atoms with van der Waals surface area (Å²) in [6, 6.07) is 2.11. The molecule has 2 atom stereocenters. The summed E-state index contributed by atoms with van der Waals surface area (Å²) in [5, 5.41) is 2.68. The highest BCUT2D eigenvalue weighted by molar-refractivity contribution is 5.73. The van der Waals surface area contributed by atoms with Crippen molar-refractivity contribution in [2.75, 3.05) is 12.4 Å². The van der Waals surface area contributed by atoms with Crippen LogP contribution >= 0.6 is 0 Å². The minimum Gasteiger partial charge on any atom is -0.469 e. The molecular formula is C13H17F2NO2. The number of aryl methyl sites for hydroxylation is 1. The Morgan fingerprint density at radius 2 is 1.94 bits per heavy atom. The maximum Gasteiger partial charge on any atom is 0.310 e. The van der Waals surface area contributed by atoms with Gasteiger partial charge < -0.3 is 10.1 Å². The van der Waals surface area contributed by atoms with E-state index in [1.165, 1.54) is 19.2 Å². The molecule has 0 aliphatic carbocycles. The van der Waals surface area contributed by atoms with E-state index < -0.39 is 29.6 Å². The molecule has 1 N–H and O–H groups in total. The third-order valence-corrected chi connectivity index (χ3v) is 2.98. The Balaban J connectivity index is 2.91. The average molecular weight is 257 g/mol. The van der Waals surface area contributed by atoms with Crippen LogP contribution < -0.4 is 5.32 Å². The van der Waals surface area contributed by atoms with Crippen LogP contribution in [0.3, 0.4) is 0 Å². The first-order valence-electron chi connectivity index (χ1n) is 5.67. The van der Waals surface area contributed by atoms with Crippen molar-refractivity contribution in [1.82, 2.24) is 0 Å². The molecule has 0 saturated carbocycles. The molecule has 0 spiro atoms. The smallest absolute Gasteiger partial charge is 0.310 e. The molecule has 0 bridgehead atoms. The number of ether oxygens (including phenoxy) is 1. The van der Waals surface area contributed by atoms with E-state index in [0.29, 0.717) is 5.56 Å². The molecule has 0 radical (unpaired) electrons. The van der Waals surface area contributed by atoms with Crippen molar-refractivity contribution in [2.45, 2.75) is 26.8 Å². The predicted molar refractivity (Wildman–Crippen MR) is 65.4 cm³/mol. The van der Waals surface area contributed by atoms with Gasteiger partial charge in [-0.1, -0.05) is 6.07 Å². The molecule has 100 valence electrons. The molecule has 18 heavy (non-hydrogen) atoms. The van der Waals surface area contributed by atoms with E-state index in [9.17, 15) is 13.6 Å². The maximum atomic E-state index is 13.8. The van der Waals surface area contributed by atoms with Gasteiger partial charge in [-0.3, -0.25) is 4.79 Å². The second kappa shape index (κ2) is 5.80. The Morgan fingerprint density at radius 1 is 1.33 bits per heavy atom. The number of halogens is 2. The molecule has 5 heteroatoms. The van der Waals surface area contributed by atoms with E-state index in [2.05, 4.69) is 10.1 Å². The van der Waals surface area contributed by atoms with Gasteiger partial charge >= 0.3 is 5.97 Å². The molecule has 3 nitrogen and oxygen atoms in total. The zero-order valence-electron chi connectivity index (χ0n) is 10.9. The van der Waals surface area contributed by atoms with Gasteiger partial charge in [0.25, 0.3) is 0 Å². The summed E-state index contributed by atoms with van der Waals surface area (Å²) in [5.74, 6) is -2.25. The average Bonchev–Trinajstić information content (AvgIpc) is 2.37. The molecule has 0 aliphatic rings. The van der Waals surface area contributed by atoms with E-state index in [-0.39, 0.29) is 5.69 Å². The number of hydrogen-bond donors (Lipinski definition) is 1. The summed E-state index contributed by atoms with van der Waals surface area (Å²) in [5.41, 5.74) is 0.134. The second-order valence-electron chi connectivity index (χ2n) is 4.30. The van der Waals surface area contributed by atoms with Crippen LogP contribution in [0.5, 0.6) is 0 Å². The first kappa shape index (κ1) is 14.4. The summed E-state index contributed by atoms with van der Waals surface area (Å²) in [7, 11) is 1.28. The number of carbonyl (C=O) groups is 1. The molecule has 0 heterocycles. The van der Waals surface area contributed by atoms with Crippen molar-refractivity contribution in [1.29, 1.82) is 0 Å². The lowest BCUT2D eigenvalue weighted by molar-refractivity contribution is -0.145. The number of carbonyl (C=O) groups excluding carboxylic acids is 1. The van der Waals surface area contributed by atoms with Gasteiger partial charge in [0.2, 0.25) is 0 Å². The first-order valence-corrected chi connectivity index (χ1v) is 5.67. The van der Waals surface area contributed by atoms with E-state index in [0.717, 1.165) is 0 Å². The van der Waals surface area contributed by atoms with Crippen molar-refractivity contribution >= 4 is 11.7 Å². The van der Waals surface area contributed by atoms with Crippen molar-refractivity contribution in [3.8, 4) is 0 Å². The van der Waals surface area contributed by atoms with Gasteiger partial charge in [0.1, 0.15) is 11.5 Å². The fourth-order valence-corrected chi connectivity index (χ4v) is 1.53. The van der Waals surface area contributed by atoms with Crippen molar-refractivity contribution in [2.24, 2.45) is 5.92 Å². The molecule has 0 amide bonds. The van der Waals surface area contributed by atoms with E-state index in [4.69, 9.17) is 0 Å². The lowest BCUT2D eigenvalue weighted by atomic mass is 10.0. The molecule has 2 unspecified atom stereocenters. The van der Waals surface area contributed by atoms with Crippen LogP contribution in [0.1, 0.15) is 19.4 Å². The van der Waals surface area contributed by atoms with Crippen molar-refractivity contribution in [3.63, 3.8) is 0 Å². The van der Waals surface area contributed by atoms with Crippen LogP contribution in [0, 0.1) is 24.5 Å². The van der Waals surface area contributed by atoms with Crippen LogP contribution in [0.25, 0.3) is 0 Å². The summed E-state index contributed by atoms with van der Waals surface area (Å²) < 4.78 is 31.9. The highest BCUT2D eigenvalue weighted by Gasteiger charge is 2.23. The molecular weight excluding hydrogens is 240 g/mol. The Hall–Kier alpha value is -1.65. The Bertz CT molecular complexity index is 449. The quantitative estimate of drug-likeness (QED) is 0.843. The van der Waals surface area contributed by atoms with Crippen molar-refractivity contribution < 1.29 is 18.3 Å². The zero-order valence-corrected chi connectivity index (χ0v) is 10.9. The van der Waals surface area contributed by atoms with Gasteiger partial charge in [-0.2, -0.15) is 0 Å². The number of rotatable bonds is 4. The Kier molecular flexibility index (Phi) is 4.64. The lowest BCUT2D eigenvalue weighted by Crippen LogP contribution is -2.31. The van der Waals surface area contributed by atoms with Gasteiger partial charge in [0, 0.05) is 6.04 Å². The van der Waals surface area contributed by atoms with Crippen LogP contribution in [0.15, 0.2) is 12.1 Å². The monoisotopic (exact) mass is 257 g/mol. The topological polar surface area (TPSA) is 38.3 Å². The van der Waals surface area contributed by atoms with Gasteiger partial charge in [-0.15, -0.1) is 0 Å². The third-order valence-electron chi connectivity index (χ3n) is 2.98. The number of methoxy groups -OCH3 is 1. The number of hydrogen-bond acceptors (Lipinski definition) is 3. The van der Waals surface area contributed by atoms with Gasteiger partial charge in [-0.05, 0) is 32.4 Å². The second-order valence-corrected chi connectivity index (χ2v) is 4.30. The minimum atomic E-state index is -0.679. The van der Waals surface area contributed by atoms with Crippen LogP contribution in [-0.2, 0) is 9.53 Å². The summed E-state index contributed by atoms with van der Waals surface area (Å²) in [6.45, 7) is 4.85. The minimum absolute atomic E-state index is 0.210. The molecule has 0 aromatic heterocycles. The van der Waals surface area contributed by atoms with Crippen LogP contribution in [0.2, 0.25) is 0 Å². The summed E-state index contributed by atoms with van der Waals surface area (Å²) in [6.07, 6.45) is 0. The van der Waals surface area contributed by atoms with Gasteiger partial charge in [0.15, 0.2) is 5.82 Å². The molecule has 1 aromatic carbocycles. The number of anilines is 1. The van der Waals surface area contributed by atoms with E-state index in [1.807, 2.05) is 0 Å². The predicted octanol–water partition coefficient (Wildman–Crippen LogP) is 2.88. The summed E-state index contributed by atoms with van der Waals surface area (Å²) >= 11 is 0. The fourth-order valence-electron chi connectivity index (χ4n) is 1.53. The summed E-state index contributed by atoms with van der Waals surface area (Å²) in [4.78, 5) is 11.3. The van der Waals surface area contributed by atoms with E-state index >= 15 is 0 Å². The van der Waals surface area contributed by atoms with E-state index in [1.54, 1.807) is 20.8 Å². The fraction of sp³-hybridized carbons (Fsp3) is 0.462. The molecule has 1 aromatic rings. The Morgan fingerprint density at radius 3 is 2.50 bits per heavy atom. The molecule has 0 fully saturated rings. The molecule has 0 aliphatic heterocycles. The highest BCUT2D eigenvalue weighted by atomic mass is 19.1. The SMILES string of the molecule is COC(=O)C(C)C(C)Nc1c(F)ccc(C)c1F. The third kappa shape index (κ3) is 2.97. The number of esters is 1. The highest BCUT2D eigenvalue weighted by Crippen LogP contribution is 2.23. The number of benzene rings is 1.